The molecule has 4 aliphatic carbocycles. The normalized spacial score (nSPS) is 43.5. The summed E-state index contributed by atoms with van der Waals surface area (Å²) in [6, 6.07) is 0. The molecule has 5 nitrogen and oxygen atoms in total. The van der Waals surface area contributed by atoms with E-state index in [1.54, 1.807) is 5.57 Å². The molecule has 0 bridgehead atoms. The Morgan fingerprint density at radius 3 is 2.31 bits per heavy atom. The van der Waals surface area contributed by atoms with Gasteiger partial charge in [0.15, 0.2) is 0 Å². The summed E-state index contributed by atoms with van der Waals surface area (Å²) in [6.07, 6.45) is 7.36. The van der Waals surface area contributed by atoms with Crippen molar-refractivity contribution in [2.24, 2.45) is 45.3 Å². The molecule has 0 aromatic heterocycles. The Balaban J connectivity index is 1.63. The van der Waals surface area contributed by atoms with Crippen molar-refractivity contribution in [3.63, 3.8) is 0 Å². The van der Waals surface area contributed by atoms with Crippen LogP contribution < -0.4 is 0 Å². The van der Waals surface area contributed by atoms with Gasteiger partial charge in [0.2, 0.25) is 0 Å². The van der Waals surface area contributed by atoms with Crippen LogP contribution in [0.15, 0.2) is 11.6 Å². The topological polar surface area (TPSA) is 98.0 Å². The molecule has 3 fully saturated rings. The molecular formula is C30H50O5. The number of aliphatic hydroxyl groups is 4. The van der Waals surface area contributed by atoms with E-state index in [9.17, 15) is 25.2 Å². The van der Waals surface area contributed by atoms with E-state index >= 15 is 0 Å². The van der Waals surface area contributed by atoms with E-state index < -0.39 is 17.8 Å². The van der Waals surface area contributed by atoms with Gasteiger partial charge in [0.1, 0.15) is 11.9 Å². The maximum atomic E-state index is 12.8. The summed E-state index contributed by atoms with van der Waals surface area (Å²) in [5.74, 6) is 1.43. The van der Waals surface area contributed by atoms with Gasteiger partial charge >= 0.3 is 0 Å². The number of hydrogen-bond donors (Lipinski definition) is 4. The first kappa shape index (κ1) is 27.3. The molecule has 4 rings (SSSR count). The molecule has 4 aliphatic rings. The number of allylic oxidation sites excluding steroid dienone is 2. The van der Waals surface area contributed by atoms with Gasteiger partial charge < -0.3 is 20.4 Å². The van der Waals surface area contributed by atoms with Gasteiger partial charge in [-0.1, -0.05) is 46.3 Å². The average Bonchev–Trinajstić information content (AvgIpc) is 3.05. The predicted octanol–water partition coefficient (Wildman–Crippen LogP) is 4.65. The van der Waals surface area contributed by atoms with Crippen molar-refractivity contribution in [1.82, 2.24) is 0 Å². The van der Waals surface area contributed by atoms with Crippen LogP contribution >= 0.6 is 0 Å². The maximum absolute atomic E-state index is 12.8. The number of carbonyl (C=O) groups is 1. The monoisotopic (exact) mass is 490 g/mol. The SMILES string of the molecule is CC(C)(O)[C@H](O)[C@H](O)C[C@H](CO)[C@@H]1CC[C@]2(C)C3=CC[C@H]4C(C)(C)C(=O)CC[C@]4(C)[C@H]3CC[C@@]12C. The Bertz CT molecular complexity index is 870. The molecule has 200 valence electrons. The summed E-state index contributed by atoms with van der Waals surface area (Å²) in [5, 5.41) is 41.8. The van der Waals surface area contributed by atoms with Gasteiger partial charge in [-0.25, -0.2) is 0 Å². The highest BCUT2D eigenvalue weighted by Crippen LogP contribution is 2.73. The van der Waals surface area contributed by atoms with Gasteiger partial charge in [-0.3, -0.25) is 4.79 Å². The Hall–Kier alpha value is -0.750. The molecule has 9 atom stereocenters. The van der Waals surface area contributed by atoms with Crippen LogP contribution in [0.5, 0.6) is 0 Å². The van der Waals surface area contributed by atoms with Crippen molar-refractivity contribution in [3.8, 4) is 0 Å². The van der Waals surface area contributed by atoms with Crippen molar-refractivity contribution >= 4 is 5.78 Å². The second-order valence-corrected chi connectivity index (χ2v) is 14.4. The molecule has 0 aromatic rings. The fourth-order valence-corrected chi connectivity index (χ4v) is 9.59. The fraction of sp³-hybridized carbons (Fsp3) is 0.900. The summed E-state index contributed by atoms with van der Waals surface area (Å²) in [6.45, 7) is 14.6. The van der Waals surface area contributed by atoms with Gasteiger partial charge in [-0.2, -0.15) is 0 Å². The minimum absolute atomic E-state index is 0.00529. The zero-order chi connectivity index (χ0) is 26.2. The smallest absolute Gasteiger partial charge is 0.138 e. The van der Waals surface area contributed by atoms with Gasteiger partial charge in [0.05, 0.1) is 11.7 Å². The highest BCUT2D eigenvalue weighted by atomic mass is 16.4. The third-order valence-corrected chi connectivity index (χ3v) is 12.1. The van der Waals surface area contributed by atoms with E-state index in [4.69, 9.17) is 0 Å². The van der Waals surface area contributed by atoms with Crippen LogP contribution in [-0.2, 0) is 4.79 Å². The largest absolute Gasteiger partial charge is 0.396 e. The number of aliphatic hydroxyl groups excluding tert-OH is 3. The number of rotatable bonds is 6. The first-order chi connectivity index (χ1) is 16.0. The van der Waals surface area contributed by atoms with E-state index in [0.29, 0.717) is 24.0 Å². The summed E-state index contributed by atoms with van der Waals surface area (Å²) in [7, 11) is 0. The first-order valence-corrected chi connectivity index (χ1v) is 14.0. The van der Waals surface area contributed by atoms with Crippen molar-refractivity contribution in [2.75, 3.05) is 6.61 Å². The predicted molar refractivity (Wildman–Crippen MR) is 137 cm³/mol. The molecule has 0 spiro atoms. The van der Waals surface area contributed by atoms with Crippen LogP contribution in [-0.4, -0.2) is 50.6 Å². The molecule has 0 radical (unpaired) electrons. The second kappa shape index (κ2) is 8.64. The van der Waals surface area contributed by atoms with Crippen molar-refractivity contribution < 1.29 is 25.2 Å². The molecule has 0 unspecified atom stereocenters. The van der Waals surface area contributed by atoms with E-state index in [-0.39, 0.29) is 46.5 Å². The molecule has 0 amide bonds. The third kappa shape index (κ3) is 3.90. The molecular weight excluding hydrogens is 440 g/mol. The van der Waals surface area contributed by atoms with Crippen LogP contribution in [0.3, 0.4) is 0 Å². The van der Waals surface area contributed by atoms with Gasteiger partial charge in [-0.15, -0.1) is 0 Å². The molecule has 0 aromatic carbocycles. The minimum Gasteiger partial charge on any atom is -0.396 e. The van der Waals surface area contributed by atoms with Crippen LogP contribution in [0.2, 0.25) is 0 Å². The summed E-state index contributed by atoms with van der Waals surface area (Å²) >= 11 is 0. The summed E-state index contributed by atoms with van der Waals surface area (Å²) in [5.41, 5.74) is 0.117. The molecule has 0 saturated heterocycles. The minimum atomic E-state index is -1.39. The standard InChI is InChI=1S/C30H50O5/c1-26(2)23-9-8-21-20(28(23,5)13-12-24(26)33)11-15-29(6)19(10-14-30(21,29)7)18(17-31)16-22(32)25(34)27(3,4)35/h8,18-20,22-23,25,31-32,34-35H,9-17H2,1-7H3/t18-,19+,20+,22-,23+,25-,28-,29+,30-/m1/s1. The lowest BCUT2D eigenvalue weighted by Gasteiger charge is -2.63. The van der Waals surface area contributed by atoms with E-state index in [2.05, 4.69) is 40.7 Å². The molecule has 0 aliphatic heterocycles. The lowest BCUT2D eigenvalue weighted by Crippen LogP contribution is -2.57. The fourth-order valence-electron chi connectivity index (χ4n) is 9.59. The number of fused-ring (bicyclic) bond motifs is 5. The molecule has 4 N–H and O–H groups in total. The van der Waals surface area contributed by atoms with Crippen LogP contribution in [0.25, 0.3) is 0 Å². The van der Waals surface area contributed by atoms with Crippen LogP contribution in [0, 0.1) is 45.3 Å². The van der Waals surface area contributed by atoms with Crippen molar-refractivity contribution in [1.29, 1.82) is 0 Å². The molecule has 3 saturated carbocycles. The Morgan fingerprint density at radius 1 is 1.06 bits per heavy atom. The highest BCUT2D eigenvalue weighted by molar-refractivity contribution is 5.85. The van der Waals surface area contributed by atoms with E-state index in [1.807, 2.05) is 0 Å². The van der Waals surface area contributed by atoms with Crippen LogP contribution in [0.1, 0.15) is 99.8 Å². The number of Topliss-reactive ketones (excluding diaryl/α,β-unsaturated/α-hetero) is 1. The molecule has 5 heteroatoms. The van der Waals surface area contributed by atoms with E-state index in [0.717, 1.165) is 38.5 Å². The zero-order valence-corrected chi connectivity index (χ0v) is 23.1. The quantitative estimate of drug-likeness (QED) is 0.406. The van der Waals surface area contributed by atoms with Crippen LogP contribution in [0.4, 0.5) is 0 Å². The first-order valence-electron chi connectivity index (χ1n) is 14.0. The average molecular weight is 491 g/mol. The Kier molecular flexibility index (Phi) is 6.74. The summed E-state index contributed by atoms with van der Waals surface area (Å²) < 4.78 is 0. The Labute approximate surface area is 212 Å². The van der Waals surface area contributed by atoms with Crippen molar-refractivity contribution in [2.45, 2.75) is 118 Å². The number of ketones is 1. The van der Waals surface area contributed by atoms with Gasteiger partial charge in [-0.05, 0) is 98.7 Å². The number of carbonyl (C=O) groups excluding carboxylic acids is 1. The zero-order valence-electron chi connectivity index (χ0n) is 23.1. The summed E-state index contributed by atoms with van der Waals surface area (Å²) in [4.78, 5) is 12.8. The van der Waals surface area contributed by atoms with Gasteiger partial charge in [0, 0.05) is 18.4 Å². The third-order valence-electron chi connectivity index (χ3n) is 12.1. The molecule has 35 heavy (non-hydrogen) atoms. The second-order valence-electron chi connectivity index (χ2n) is 14.4. The highest BCUT2D eigenvalue weighted by Gasteiger charge is 2.65. The number of hydrogen-bond acceptors (Lipinski definition) is 5. The molecule has 0 heterocycles. The lowest BCUT2D eigenvalue weighted by atomic mass is 9.41. The van der Waals surface area contributed by atoms with Gasteiger partial charge in [0.25, 0.3) is 0 Å². The van der Waals surface area contributed by atoms with E-state index in [1.165, 1.54) is 13.8 Å². The lowest BCUT2D eigenvalue weighted by molar-refractivity contribution is -0.146. The Morgan fingerprint density at radius 2 is 1.71 bits per heavy atom. The maximum Gasteiger partial charge on any atom is 0.138 e. The van der Waals surface area contributed by atoms with Crippen molar-refractivity contribution in [3.05, 3.63) is 11.6 Å².